The molecule has 1 fully saturated rings. The number of halogens is 2. The van der Waals surface area contributed by atoms with Crippen LogP contribution in [-0.4, -0.2) is 16.1 Å². The molecule has 1 saturated carbocycles. The predicted molar refractivity (Wildman–Crippen MR) is 97.4 cm³/mol. The lowest BCUT2D eigenvalue weighted by Crippen LogP contribution is -2.36. The molecule has 0 atom stereocenters. The van der Waals surface area contributed by atoms with Gasteiger partial charge in [0.2, 0.25) is 0 Å². The molecule has 0 spiro atoms. The number of hydrogen-bond acceptors (Lipinski definition) is 1. The first kappa shape index (κ1) is 16.2. The van der Waals surface area contributed by atoms with Crippen LogP contribution < -0.4 is 5.32 Å². The summed E-state index contributed by atoms with van der Waals surface area (Å²) in [5, 5.41) is 4.57. The van der Waals surface area contributed by atoms with Gasteiger partial charge in [0.25, 0.3) is 0 Å². The van der Waals surface area contributed by atoms with E-state index in [1.807, 2.05) is 31.2 Å². The minimum atomic E-state index is -0.195. The van der Waals surface area contributed by atoms with Gasteiger partial charge in [-0.2, -0.15) is 0 Å². The highest BCUT2D eigenvalue weighted by atomic mass is 35.5. The van der Waals surface area contributed by atoms with Crippen LogP contribution in [0.15, 0.2) is 42.5 Å². The SMILES string of the molecule is Cc1c(Cl)cccc1NC(=S)N(Cc1ccccc1F)C1CC1. The topological polar surface area (TPSA) is 15.3 Å². The Bertz CT molecular complexity index is 731. The van der Waals surface area contributed by atoms with Crippen LogP contribution in [0, 0.1) is 12.7 Å². The van der Waals surface area contributed by atoms with Gasteiger partial charge in [0.1, 0.15) is 5.82 Å². The zero-order valence-electron chi connectivity index (χ0n) is 12.9. The summed E-state index contributed by atoms with van der Waals surface area (Å²) >= 11 is 11.7. The van der Waals surface area contributed by atoms with Crippen LogP contribution in [0.25, 0.3) is 0 Å². The van der Waals surface area contributed by atoms with Crippen LogP contribution in [0.5, 0.6) is 0 Å². The average molecular weight is 349 g/mol. The summed E-state index contributed by atoms with van der Waals surface area (Å²) in [6, 6.07) is 12.9. The average Bonchev–Trinajstić information content (AvgIpc) is 3.35. The third kappa shape index (κ3) is 3.82. The fourth-order valence-electron chi connectivity index (χ4n) is 2.49. The number of rotatable bonds is 4. The number of thiocarbonyl (C=S) groups is 1. The summed E-state index contributed by atoms with van der Waals surface area (Å²) in [5.74, 6) is -0.195. The van der Waals surface area contributed by atoms with Crippen LogP contribution in [0.3, 0.4) is 0 Å². The van der Waals surface area contributed by atoms with Crippen molar-refractivity contribution in [3.05, 3.63) is 64.4 Å². The molecule has 2 aromatic carbocycles. The molecule has 0 amide bonds. The summed E-state index contributed by atoms with van der Waals surface area (Å²) in [5.41, 5.74) is 2.51. The highest BCUT2D eigenvalue weighted by Gasteiger charge is 2.31. The van der Waals surface area contributed by atoms with Crippen LogP contribution in [-0.2, 0) is 6.54 Å². The molecule has 0 aliphatic heterocycles. The van der Waals surface area contributed by atoms with Crippen molar-refractivity contribution in [2.75, 3.05) is 5.32 Å². The molecular weight excluding hydrogens is 331 g/mol. The van der Waals surface area contributed by atoms with Crippen LogP contribution in [0.1, 0.15) is 24.0 Å². The van der Waals surface area contributed by atoms with Gasteiger partial charge in [-0.15, -0.1) is 0 Å². The van der Waals surface area contributed by atoms with Crippen molar-refractivity contribution >= 4 is 34.6 Å². The lowest BCUT2D eigenvalue weighted by Gasteiger charge is -2.26. The van der Waals surface area contributed by atoms with E-state index in [9.17, 15) is 4.39 Å². The van der Waals surface area contributed by atoms with E-state index in [1.165, 1.54) is 6.07 Å². The molecule has 0 aromatic heterocycles. The zero-order chi connectivity index (χ0) is 16.4. The Labute approximate surface area is 146 Å². The fraction of sp³-hybridized carbons (Fsp3) is 0.278. The van der Waals surface area contributed by atoms with E-state index in [0.717, 1.165) is 24.1 Å². The Morgan fingerprint density at radius 2 is 2.00 bits per heavy atom. The molecule has 0 unspecified atom stereocenters. The van der Waals surface area contributed by atoms with Gasteiger partial charge in [0.15, 0.2) is 5.11 Å². The van der Waals surface area contributed by atoms with Crippen molar-refractivity contribution in [2.45, 2.75) is 32.4 Å². The molecule has 0 radical (unpaired) electrons. The Hall–Kier alpha value is -1.65. The molecule has 120 valence electrons. The second kappa shape index (κ2) is 6.85. The minimum Gasteiger partial charge on any atom is -0.342 e. The first-order valence-corrected chi connectivity index (χ1v) is 8.41. The van der Waals surface area contributed by atoms with Gasteiger partial charge < -0.3 is 10.2 Å². The van der Waals surface area contributed by atoms with Crippen LogP contribution in [0.2, 0.25) is 5.02 Å². The van der Waals surface area contributed by atoms with Crippen molar-refractivity contribution in [3.63, 3.8) is 0 Å². The zero-order valence-corrected chi connectivity index (χ0v) is 14.4. The van der Waals surface area contributed by atoms with E-state index in [4.69, 9.17) is 23.8 Å². The minimum absolute atomic E-state index is 0.195. The summed E-state index contributed by atoms with van der Waals surface area (Å²) in [4.78, 5) is 2.06. The van der Waals surface area contributed by atoms with Gasteiger partial charge in [-0.1, -0.05) is 35.9 Å². The van der Waals surface area contributed by atoms with E-state index in [-0.39, 0.29) is 5.82 Å². The quantitative estimate of drug-likeness (QED) is 0.769. The predicted octanol–water partition coefficient (Wildman–Crippen LogP) is 5.15. The van der Waals surface area contributed by atoms with Crippen LogP contribution >= 0.6 is 23.8 Å². The van der Waals surface area contributed by atoms with Gasteiger partial charge in [0.05, 0.1) is 0 Å². The number of benzene rings is 2. The monoisotopic (exact) mass is 348 g/mol. The highest BCUT2D eigenvalue weighted by Crippen LogP contribution is 2.30. The summed E-state index contributed by atoms with van der Waals surface area (Å²) < 4.78 is 13.9. The summed E-state index contributed by atoms with van der Waals surface area (Å²) in [7, 11) is 0. The molecule has 2 nitrogen and oxygen atoms in total. The molecule has 23 heavy (non-hydrogen) atoms. The van der Waals surface area contributed by atoms with E-state index >= 15 is 0 Å². The summed E-state index contributed by atoms with van der Waals surface area (Å²) in [6.45, 7) is 2.42. The molecule has 0 heterocycles. The Morgan fingerprint density at radius 3 is 2.70 bits per heavy atom. The second-order valence-electron chi connectivity index (χ2n) is 5.79. The Kier molecular flexibility index (Phi) is 4.83. The van der Waals surface area contributed by atoms with Gasteiger partial charge in [-0.25, -0.2) is 4.39 Å². The van der Waals surface area contributed by atoms with Gasteiger partial charge in [-0.3, -0.25) is 0 Å². The Balaban J connectivity index is 1.77. The lowest BCUT2D eigenvalue weighted by atomic mass is 10.2. The maximum atomic E-state index is 13.9. The third-order valence-electron chi connectivity index (χ3n) is 4.06. The molecule has 2 aromatic rings. The van der Waals surface area contributed by atoms with Gasteiger partial charge in [0, 0.05) is 28.9 Å². The largest absolute Gasteiger partial charge is 0.342 e. The fourth-order valence-corrected chi connectivity index (χ4v) is 2.99. The number of nitrogens with zero attached hydrogens (tertiary/aromatic N) is 1. The van der Waals surface area contributed by atoms with Gasteiger partial charge >= 0.3 is 0 Å². The van der Waals surface area contributed by atoms with Crippen molar-refractivity contribution in [1.29, 1.82) is 0 Å². The van der Waals surface area contributed by atoms with E-state index < -0.39 is 0 Å². The lowest BCUT2D eigenvalue weighted by molar-refractivity contribution is 0.400. The first-order valence-electron chi connectivity index (χ1n) is 7.62. The smallest absolute Gasteiger partial charge is 0.173 e. The number of hydrogen-bond donors (Lipinski definition) is 1. The molecule has 1 N–H and O–H groups in total. The molecule has 1 aliphatic carbocycles. The molecule has 1 aliphatic rings. The van der Waals surface area contributed by atoms with E-state index in [2.05, 4.69) is 10.2 Å². The first-order chi connectivity index (χ1) is 11.1. The molecule has 0 saturated heterocycles. The second-order valence-corrected chi connectivity index (χ2v) is 6.59. The molecular formula is C18H18ClFN2S. The highest BCUT2D eigenvalue weighted by molar-refractivity contribution is 7.80. The molecule has 3 rings (SSSR count). The van der Waals surface area contributed by atoms with Gasteiger partial charge in [-0.05, 0) is 55.7 Å². The number of nitrogens with one attached hydrogen (secondary N) is 1. The maximum absolute atomic E-state index is 13.9. The molecule has 0 bridgehead atoms. The van der Waals surface area contributed by atoms with Crippen LogP contribution in [0.4, 0.5) is 10.1 Å². The summed E-state index contributed by atoms with van der Waals surface area (Å²) in [6.07, 6.45) is 2.18. The maximum Gasteiger partial charge on any atom is 0.173 e. The normalized spacial score (nSPS) is 13.7. The molecule has 5 heteroatoms. The standard InChI is InChI=1S/C18H18ClFN2S/c1-12-15(19)6-4-8-17(12)21-18(23)22(14-9-10-14)11-13-5-2-3-7-16(13)20/h2-8,14H,9-11H2,1H3,(H,21,23). The Morgan fingerprint density at radius 1 is 1.26 bits per heavy atom. The third-order valence-corrected chi connectivity index (χ3v) is 4.80. The van der Waals surface area contributed by atoms with Crippen molar-refractivity contribution < 1.29 is 4.39 Å². The van der Waals surface area contributed by atoms with Crippen molar-refractivity contribution in [3.8, 4) is 0 Å². The van der Waals surface area contributed by atoms with E-state index in [0.29, 0.717) is 28.3 Å². The van der Waals surface area contributed by atoms with Crippen molar-refractivity contribution in [2.24, 2.45) is 0 Å². The van der Waals surface area contributed by atoms with Crippen molar-refractivity contribution in [1.82, 2.24) is 4.90 Å². The number of anilines is 1. The van der Waals surface area contributed by atoms with E-state index in [1.54, 1.807) is 12.1 Å².